The summed E-state index contributed by atoms with van der Waals surface area (Å²) in [5.74, 6) is 0.693. The monoisotopic (exact) mass is 292 g/mol. The van der Waals surface area contributed by atoms with E-state index < -0.39 is 0 Å². The maximum Gasteiger partial charge on any atom is 0.101 e. The lowest BCUT2D eigenvalue weighted by molar-refractivity contribution is 0.349. The van der Waals surface area contributed by atoms with Crippen molar-refractivity contribution in [3.8, 4) is 6.07 Å². The number of halogens is 1. The van der Waals surface area contributed by atoms with Gasteiger partial charge in [0, 0.05) is 10.5 Å². The van der Waals surface area contributed by atoms with Gasteiger partial charge in [0.2, 0.25) is 0 Å². The van der Waals surface area contributed by atoms with Gasteiger partial charge in [-0.05, 0) is 37.0 Å². The van der Waals surface area contributed by atoms with Crippen LogP contribution in [0.3, 0.4) is 0 Å². The van der Waals surface area contributed by atoms with Gasteiger partial charge in [0.25, 0.3) is 0 Å². The van der Waals surface area contributed by atoms with Crippen LogP contribution in [-0.2, 0) is 0 Å². The zero-order valence-electron chi connectivity index (χ0n) is 10.0. The second-order valence-electron chi connectivity index (χ2n) is 4.81. The highest BCUT2D eigenvalue weighted by Crippen LogP contribution is 2.28. The highest BCUT2D eigenvalue weighted by molar-refractivity contribution is 9.10. The summed E-state index contributed by atoms with van der Waals surface area (Å²) in [6.07, 6.45) is 5.13. The van der Waals surface area contributed by atoms with Crippen molar-refractivity contribution in [1.29, 1.82) is 5.26 Å². The van der Waals surface area contributed by atoms with E-state index in [-0.39, 0.29) is 0 Å². The van der Waals surface area contributed by atoms with E-state index in [1.54, 1.807) is 0 Å². The molecule has 1 saturated carbocycles. The number of benzene rings is 1. The summed E-state index contributed by atoms with van der Waals surface area (Å²) >= 11 is 3.40. The van der Waals surface area contributed by atoms with Crippen molar-refractivity contribution >= 4 is 21.6 Å². The van der Waals surface area contributed by atoms with Crippen molar-refractivity contribution in [2.75, 3.05) is 5.32 Å². The molecule has 17 heavy (non-hydrogen) atoms. The molecule has 1 fully saturated rings. The summed E-state index contributed by atoms with van der Waals surface area (Å²) in [6.45, 7) is 2.29. The fraction of sp³-hybridized carbons (Fsp3) is 0.500. The SMILES string of the molecule is CC1CCCCC1Nc1ccc(Br)cc1C#N. The van der Waals surface area contributed by atoms with Crippen LogP contribution in [0.4, 0.5) is 5.69 Å². The molecule has 3 heteroatoms. The second kappa shape index (κ2) is 5.55. The molecule has 2 unspecified atom stereocenters. The molecular formula is C14H17BrN2. The van der Waals surface area contributed by atoms with E-state index in [0.717, 1.165) is 15.7 Å². The van der Waals surface area contributed by atoms with E-state index in [1.165, 1.54) is 25.7 Å². The molecule has 0 saturated heterocycles. The van der Waals surface area contributed by atoms with Gasteiger partial charge in [-0.1, -0.05) is 35.7 Å². The lowest BCUT2D eigenvalue weighted by Crippen LogP contribution is -2.30. The Kier molecular flexibility index (Phi) is 4.06. The van der Waals surface area contributed by atoms with E-state index in [2.05, 4.69) is 34.2 Å². The van der Waals surface area contributed by atoms with Gasteiger partial charge in [-0.2, -0.15) is 5.26 Å². The summed E-state index contributed by atoms with van der Waals surface area (Å²) in [6, 6.07) is 8.60. The standard InChI is InChI=1S/C14H17BrN2/c1-10-4-2-3-5-13(10)17-14-7-6-12(15)8-11(14)9-16/h6-8,10,13,17H,2-5H2,1H3. The van der Waals surface area contributed by atoms with Crippen molar-refractivity contribution in [3.05, 3.63) is 28.2 Å². The average Bonchev–Trinajstić information content (AvgIpc) is 2.34. The predicted molar refractivity (Wildman–Crippen MR) is 73.9 cm³/mol. The Labute approximate surface area is 111 Å². The Morgan fingerprint density at radius 1 is 1.35 bits per heavy atom. The molecule has 1 aliphatic rings. The predicted octanol–water partition coefficient (Wildman–Crippen LogP) is 4.31. The summed E-state index contributed by atoms with van der Waals surface area (Å²) in [4.78, 5) is 0. The maximum absolute atomic E-state index is 9.13. The minimum atomic E-state index is 0.511. The fourth-order valence-corrected chi connectivity index (χ4v) is 2.83. The summed E-state index contributed by atoms with van der Waals surface area (Å²) in [5, 5.41) is 12.7. The first-order valence-corrected chi connectivity index (χ1v) is 6.96. The van der Waals surface area contributed by atoms with Crippen molar-refractivity contribution < 1.29 is 0 Å². The van der Waals surface area contributed by atoms with Crippen LogP contribution in [0.5, 0.6) is 0 Å². The number of hydrogen-bond acceptors (Lipinski definition) is 2. The highest BCUT2D eigenvalue weighted by Gasteiger charge is 2.21. The Balaban J connectivity index is 2.15. The molecule has 1 N–H and O–H groups in total. The fourth-order valence-electron chi connectivity index (χ4n) is 2.47. The molecule has 0 radical (unpaired) electrons. The van der Waals surface area contributed by atoms with E-state index in [1.807, 2.05) is 18.2 Å². The van der Waals surface area contributed by atoms with E-state index in [0.29, 0.717) is 12.0 Å². The first kappa shape index (κ1) is 12.4. The largest absolute Gasteiger partial charge is 0.381 e. The molecule has 1 aromatic carbocycles. The molecule has 0 aliphatic heterocycles. The third-order valence-electron chi connectivity index (χ3n) is 3.55. The molecule has 1 aromatic rings. The highest BCUT2D eigenvalue weighted by atomic mass is 79.9. The topological polar surface area (TPSA) is 35.8 Å². The van der Waals surface area contributed by atoms with Crippen LogP contribution in [0, 0.1) is 17.2 Å². The Morgan fingerprint density at radius 2 is 2.12 bits per heavy atom. The molecular weight excluding hydrogens is 276 g/mol. The molecule has 2 rings (SSSR count). The van der Waals surface area contributed by atoms with Crippen LogP contribution < -0.4 is 5.32 Å². The van der Waals surface area contributed by atoms with Crippen molar-refractivity contribution in [2.45, 2.75) is 38.6 Å². The van der Waals surface area contributed by atoms with Crippen LogP contribution in [0.25, 0.3) is 0 Å². The van der Waals surface area contributed by atoms with Gasteiger partial charge in [-0.25, -0.2) is 0 Å². The van der Waals surface area contributed by atoms with Gasteiger partial charge in [-0.3, -0.25) is 0 Å². The van der Waals surface area contributed by atoms with E-state index >= 15 is 0 Å². The lowest BCUT2D eigenvalue weighted by Gasteiger charge is -2.30. The summed E-state index contributed by atoms with van der Waals surface area (Å²) in [7, 11) is 0. The normalized spacial score (nSPS) is 24.1. The zero-order valence-corrected chi connectivity index (χ0v) is 11.6. The Morgan fingerprint density at radius 3 is 2.82 bits per heavy atom. The van der Waals surface area contributed by atoms with Gasteiger partial charge >= 0.3 is 0 Å². The van der Waals surface area contributed by atoms with Crippen molar-refractivity contribution in [1.82, 2.24) is 0 Å². The number of nitriles is 1. The number of anilines is 1. The molecule has 2 atom stereocenters. The van der Waals surface area contributed by atoms with Crippen LogP contribution in [0.1, 0.15) is 38.2 Å². The van der Waals surface area contributed by atoms with Gasteiger partial charge in [0.15, 0.2) is 0 Å². The summed E-state index contributed by atoms with van der Waals surface area (Å²) < 4.78 is 0.955. The van der Waals surface area contributed by atoms with Gasteiger partial charge in [0.1, 0.15) is 6.07 Å². The van der Waals surface area contributed by atoms with E-state index in [9.17, 15) is 0 Å². The third-order valence-corrected chi connectivity index (χ3v) is 4.05. The third kappa shape index (κ3) is 3.01. The number of rotatable bonds is 2. The Hall–Kier alpha value is -1.01. The number of nitrogens with zero attached hydrogens (tertiary/aromatic N) is 1. The average molecular weight is 293 g/mol. The van der Waals surface area contributed by atoms with Crippen LogP contribution in [-0.4, -0.2) is 6.04 Å². The van der Waals surface area contributed by atoms with Crippen LogP contribution >= 0.6 is 15.9 Å². The molecule has 90 valence electrons. The second-order valence-corrected chi connectivity index (χ2v) is 5.73. The smallest absolute Gasteiger partial charge is 0.101 e. The van der Waals surface area contributed by atoms with Gasteiger partial charge in [-0.15, -0.1) is 0 Å². The summed E-state index contributed by atoms with van der Waals surface area (Å²) in [5.41, 5.74) is 1.69. The first-order chi connectivity index (χ1) is 8.20. The van der Waals surface area contributed by atoms with Gasteiger partial charge in [0.05, 0.1) is 11.3 Å². The van der Waals surface area contributed by atoms with Crippen LogP contribution in [0.2, 0.25) is 0 Å². The first-order valence-electron chi connectivity index (χ1n) is 6.17. The van der Waals surface area contributed by atoms with E-state index in [4.69, 9.17) is 5.26 Å². The number of nitrogens with one attached hydrogen (secondary N) is 1. The zero-order chi connectivity index (χ0) is 12.3. The van der Waals surface area contributed by atoms with Crippen LogP contribution in [0.15, 0.2) is 22.7 Å². The maximum atomic E-state index is 9.13. The van der Waals surface area contributed by atoms with Crippen molar-refractivity contribution in [3.63, 3.8) is 0 Å². The molecule has 2 nitrogen and oxygen atoms in total. The molecule has 0 bridgehead atoms. The minimum absolute atomic E-state index is 0.511. The lowest BCUT2D eigenvalue weighted by atomic mass is 9.85. The van der Waals surface area contributed by atoms with Crippen molar-refractivity contribution in [2.24, 2.45) is 5.92 Å². The number of hydrogen-bond donors (Lipinski definition) is 1. The molecule has 0 heterocycles. The molecule has 0 spiro atoms. The minimum Gasteiger partial charge on any atom is -0.381 e. The Bertz CT molecular complexity index is 436. The van der Waals surface area contributed by atoms with Gasteiger partial charge < -0.3 is 5.32 Å². The molecule has 0 aromatic heterocycles. The quantitative estimate of drug-likeness (QED) is 0.882. The molecule has 1 aliphatic carbocycles. The molecule has 0 amide bonds.